The van der Waals surface area contributed by atoms with Gasteiger partial charge in [0, 0.05) is 23.7 Å². The van der Waals surface area contributed by atoms with Crippen molar-refractivity contribution in [1.82, 2.24) is 4.90 Å². The van der Waals surface area contributed by atoms with E-state index in [-0.39, 0.29) is 5.91 Å². The summed E-state index contributed by atoms with van der Waals surface area (Å²) in [7, 11) is 0. The van der Waals surface area contributed by atoms with E-state index in [1.165, 1.54) is 17.3 Å². The number of thioether (sulfide) groups is 1. The molecule has 1 aromatic rings. The molecule has 0 radical (unpaired) electrons. The molecule has 1 aromatic carbocycles. The lowest BCUT2D eigenvalue weighted by Crippen LogP contribution is -2.38. The average molecular weight is 308 g/mol. The van der Waals surface area contributed by atoms with Crippen LogP contribution < -0.4 is 5.73 Å². The van der Waals surface area contributed by atoms with E-state index in [4.69, 9.17) is 5.73 Å². The van der Waals surface area contributed by atoms with Crippen LogP contribution in [-0.2, 0) is 4.79 Å². The second-order valence-corrected chi connectivity index (χ2v) is 7.43. The monoisotopic (exact) mass is 308 g/mol. The highest BCUT2D eigenvalue weighted by molar-refractivity contribution is 8.00. The van der Waals surface area contributed by atoms with Gasteiger partial charge in [0.05, 0.1) is 5.75 Å². The van der Waals surface area contributed by atoms with Gasteiger partial charge in [0.2, 0.25) is 5.91 Å². The Morgan fingerprint density at radius 1 is 1.19 bits per heavy atom. The summed E-state index contributed by atoms with van der Waals surface area (Å²) in [6, 6.07) is 5.94. The Kier molecular flexibility index (Phi) is 7.09. The van der Waals surface area contributed by atoms with Crippen molar-refractivity contribution < 1.29 is 4.79 Å². The molecule has 2 N–H and O–H groups in total. The molecule has 118 valence electrons. The Hall–Kier alpha value is -1.16. The number of hydrogen-bond acceptors (Lipinski definition) is 3. The molecule has 1 amide bonds. The van der Waals surface area contributed by atoms with Crippen molar-refractivity contribution in [3.63, 3.8) is 0 Å². The van der Waals surface area contributed by atoms with Crippen LogP contribution in [0.3, 0.4) is 0 Å². The number of carbonyl (C=O) groups excluding carboxylic acids is 1. The van der Waals surface area contributed by atoms with Gasteiger partial charge in [0.1, 0.15) is 0 Å². The zero-order valence-corrected chi connectivity index (χ0v) is 14.7. The number of carbonyl (C=O) groups is 1. The molecule has 1 rings (SSSR count). The summed E-state index contributed by atoms with van der Waals surface area (Å²) in [5.41, 5.74) is 7.88. The van der Waals surface area contributed by atoms with Crippen molar-refractivity contribution in [3.8, 4) is 0 Å². The highest BCUT2D eigenvalue weighted by Gasteiger charge is 2.16. The zero-order chi connectivity index (χ0) is 16.0. The van der Waals surface area contributed by atoms with Crippen molar-refractivity contribution in [2.45, 2.75) is 39.5 Å². The van der Waals surface area contributed by atoms with Crippen molar-refractivity contribution in [1.29, 1.82) is 0 Å². The largest absolute Gasteiger partial charge is 0.398 e. The number of nitrogens with two attached hydrogens (primary N) is 1. The molecular weight excluding hydrogens is 280 g/mol. The standard InChI is InChI=1S/C17H28N2OS/c1-12(2)9-19(10-13(3)4)17(20)11-21-16-8-14(5)6-7-15(16)18/h6-8,12-13H,9-11,18H2,1-5H3. The first kappa shape index (κ1) is 17.9. The van der Waals surface area contributed by atoms with E-state index in [1.807, 2.05) is 30.0 Å². The molecule has 0 saturated heterocycles. The lowest BCUT2D eigenvalue weighted by Gasteiger charge is -2.26. The van der Waals surface area contributed by atoms with Gasteiger partial charge in [-0.2, -0.15) is 0 Å². The second-order valence-electron chi connectivity index (χ2n) is 6.42. The number of anilines is 1. The molecule has 0 aliphatic carbocycles. The molecule has 4 heteroatoms. The van der Waals surface area contributed by atoms with Crippen molar-refractivity contribution >= 4 is 23.4 Å². The number of amides is 1. The van der Waals surface area contributed by atoms with Crippen LogP contribution in [0, 0.1) is 18.8 Å². The molecule has 0 spiro atoms. The molecule has 0 unspecified atom stereocenters. The first-order valence-electron chi connectivity index (χ1n) is 7.56. The van der Waals surface area contributed by atoms with E-state index < -0.39 is 0 Å². The third-order valence-electron chi connectivity index (χ3n) is 3.04. The van der Waals surface area contributed by atoms with Crippen molar-refractivity contribution in [2.24, 2.45) is 11.8 Å². The maximum atomic E-state index is 12.4. The summed E-state index contributed by atoms with van der Waals surface area (Å²) in [5, 5.41) is 0. The van der Waals surface area contributed by atoms with Gasteiger partial charge >= 0.3 is 0 Å². The zero-order valence-electron chi connectivity index (χ0n) is 13.8. The van der Waals surface area contributed by atoms with Gasteiger partial charge in [0.25, 0.3) is 0 Å². The molecule has 0 aliphatic heterocycles. The number of hydrogen-bond donors (Lipinski definition) is 1. The lowest BCUT2D eigenvalue weighted by molar-refractivity contribution is -0.129. The summed E-state index contributed by atoms with van der Waals surface area (Å²) in [6.07, 6.45) is 0. The highest BCUT2D eigenvalue weighted by atomic mass is 32.2. The van der Waals surface area contributed by atoms with E-state index in [0.29, 0.717) is 17.6 Å². The summed E-state index contributed by atoms with van der Waals surface area (Å²) < 4.78 is 0. The Morgan fingerprint density at radius 2 is 1.76 bits per heavy atom. The average Bonchev–Trinajstić information content (AvgIpc) is 2.37. The topological polar surface area (TPSA) is 46.3 Å². The van der Waals surface area contributed by atoms with Gasteiger partial charge in [-0.25, -0.2) is 0 Å². The van der Waals surface area contributed by atoms with E-state index in [1.54, 1.807) is 0 Å². The quantitative estimate of drug-likeness (QED) is 0.615. The molecule has 0 heterocycles. The molecule has 0 bridgehead atoms. The predicted octanol–water partition coefficient (Wildman–Crippen LogP) is 3.81. The number of nitrogens with zero attached hydrogens (tertiary/aromatic N) is 1. The van der Waals surface area contributed by atoms with E-state index >= 15 is 0 Å². The molecule has 0 atom stereocenters. The van der Waals surface area contributed by atoms with Gasteiger partial charge < -0.3 is 10.6 Å². The van der Waals surface area contributed by atoms with Gasteiger partial charge in [-0.3, -0.25) is 4.79 Å². The lowest BCUT2D eigenvalue weighted by atomic mass is 10.1. The summed E-state index contributed by atoms with van der Waals surface area (Å²) in [6.45, 7) is 12.3. The van der Waals surface area contributed by atoms with Crippen LogP contribution in [-0.4, -0.2) is 29.6 Å². The number of aryl methyl sites for hydroxylation is 1. The SMILES string of the molecule is Cc1ccc(N)c(SCC(=O)N(CC(C)C)CC(C)C)c1. The van der Waals surface area contributed by atoms with Crippen molar-refractivity contribution in [2.75, 3.05) is 24.6 Å². The fourth-order valence-corrected chi connectivity index (χ4v) is 3.12. The van der Waals surface area contributed by atoms with Crippen LogP contribution in [0.4, 0.5) is 5.69 Å². The van der Waals surface area contributed by atoms with Crippen molar-refractivity contribution in [3.05, 3.63) is 23.8 Å². The molecule has 3 nitrogen and oxygen atoms in total. The first-order valence-corrected chi connectivity index (χ1v) is 8.54. The van der Waals surface area contributed by atoms with Crippen LogP contribution >= 0.6 is 11.8 Å². The summed E-state index contributed by atoms with van der Waals surface area (Å²) in [4.78, 5) is 15.4. The minimum atomic E-state index is 0.198. The Labute approximate surface area is 133 Å². The maximum absolute atomic E-state index is 12.4. The van der Waals surface area contributed by atoms with E-state index in [2.05, 4.69) is 27.7 Å². The summed E-state index contributed by atoms with van der Waals surface area (Å²) in [5.74, 6) is 1.62. The van der Waals surface area contributed by atoms with Gasteiger partial charge in [-0.05, 0) is 36.5 Å². The van der Waals surface area contributed by atoms with Gasteiger partial charge in [-0.1, -0.05) is 33.8 Å². The highest BCUT2D eigenvalue weighted by Crippen LogP contribution is 2.26. The Morgan fingerprint density at radius 3 is 2.29 bits per heavy atom. The third-order valence-corrected chi connectivity index (χ3v) is 4.10. The molecule has 0 fully saturated rings. The Balaban J connectivity index is 2.66. The fourth-order valence-electron chi connectivity index (χ4n) is 2.16. The molecule has 0 saturated carbocycles. The first-order chi connectivity index (χ1) is 9.79. The van der Waals surface area contributed by atoms with Crippen LogP contribution in [0.25, 0.3) is 0 Å². The van der Waals surface area contributed by atoms with E-state index in [0.717, 1.165) is 23.7 Å². The summed E-state index contributed by atoms with van der Waals surface area (Å²) >= 11 is 1.54. The smallest absolute Gasteiger partial charge is 0.232 e. The molecular formula is C17H28N2OS. The normalized spacial score (nSPS) is 11.2. The third kappa shape index (κ3) is 6.42. The van der Waals surface area contributed by atoms with Crippen LogP contribution in [0.5, 0.6) is 0 Å². The minimum Gasteiger partial charge on any atom is -0.398 e. The maximum Gasteiger partial charge on any atom is 0.232 e. The number of benzene rings is 1. The second kappa shape index (κ2) is 8.32. The Bertz CT molecular complexity index is 462. The van der Waals surface area contributed by atoms with Crippen LogP contribution in [0.1, 0.15) is 33.3 Å². The predicted molar refractivity (Wildman–Crippen MR) is 92.6 cm³/mol. The number of nitrogen functional groups attached to an aromatic ring is 1. The molecule has 0 aromatic heterocycles. The molecule has 21 heavy (non-hydrogen) atoms. The minimum absolute atomic E-state index is 0.198. The fraction of sp³-hybridized carbons (Fsp3) is 0.588. The molecule has 0 aliphatic rings. The van der Waals surface area contributed by atoms with Crippen LogP contribution in [0.2, 0.25) is 0 Å². The van der Waals surface area contributed by atoms with Gasteiger partial charge in [0.15, 0.2) is 0 Å². The number of rotatable bonds is 7. The van der Waals surface area contributed by atoms with Gasteiger partial charge in [-0.15, -0.1) is 11.8 Å². The van der Waals surface area contributed by atoms with Crippen LogP contribution in [0.15, 0.2) is 23.1 Å². The van der Waals surface area contributed by atoms with E-state index in [9.17, 15) is 4.79 Å².